The highest BCUT2D eigenvalue weighted by Gasteiger charge is 2.12. The van der Waals surface area contributed by atoms with E-state index in [-0.39, 0.29) is 6.04 Å². The average Bonchev–Trinajstić information content (AvgIpc) is 2.84. The van der Waals surface area contributed by atoms with Gasteiger partial charge in [-0.3, -0.25) is 0 Å². The summed E-state index contributed by atoms with van der Waals surface area (Å²) in [6.07, 6.45) is 3.06. The molecule has 2 aromatic heterocycles. The Morgan fingerprint density at radius 2 is 1.90 bits per heavy atom. The summed E-state index contributed by atoms with van der Waals surface area (Å²) >= 11 is 0. The minimum atomic E-state index is 0.0633. The van der Waals surface area contributed by atoms with E-state index in [1.54, 1.807) is 0 Å². The first-order chi connectivity index (χ1) is 10.1. The standard InChI is InChI=1S/C18H21N3/c1-4-16-18(15-7-5-14(6-8-15)13(3)19)20-17-11-12(2)9-10-21(16)17/h5-11,13H,4,19H2,1-3H3. The molecule has 1 aromatic carbocycles. The van der Waals surface area contributed by atoms with Gasteiger partial charge in [0.25, 0.3) is 0 Å². The van der Waals surface area contributed by atoms with Gasteiger partial charge in [-0.05, 0) is 43.5 Å². The highest BCUT2D eigenvalue weighted by molar-refractivity contribution is 5.67. The van der Waals surface area contributed by atoms with Crippen molar-refractivity contribution in [2.75, 3.05) is 0 Å². The highest BCUT2D eigenvalue weighted by atomic mass is 15.0. The third-order valence-corrected chi connectivity index (χ3v) is 3.93. The van der Waals surface area contributed by atoms with Crippen molar-refractivity contribution >= 4 is 5.65 Å². The fourth-order valence-electron chi connectivity index (χ4n) is 2.71. The van der Waals surface area contributed by atoms with E-state index in [0.717, 1.165) is 28.9 Å². The minimum Gasteiger partial charge on any atom is -0.324 e. The Balaban J connectivity index is 2.14. The van der Waals surface area contributed by atoms with Crippen molar-refractivity contribution in [1.82, 2.24) is 9.38 Å². The third-order valence-electron chi connectivity index (χ3n) is 3.93. The summed E-state index contributed by atoms with van der Waals surface area (Å²) in [5.74, 6) is 0. The quantitative estimate of drug-likeness (QED) is 0.790. The lowest BCUT2D eigenvalue weighted by Gasteiger charge is -2.07. The molecule has 3 rings (SSSR count). The van der Waals surface area contributed by atoms with Crippen LogP contribution in [-0.4, -0.2) is 9.38 Å². The first-order valence-electron chi connectivity index (χ1n) is 7.43. The Kier molecular flexibility index (Phi) is 3.52. The Hall–Kier alpha value is -2.13. The van der Waals surface area contributed by atoms with E-state index in [1.807, 2.05) is 6.92 Å². The van der Waals surface area contributed by atoms with Crippen molar-refractivity contribution in [3.63, 3.8) is 0 Å². The summed E-state index contributed by atoms with van der Waals surface area (Å²) in [5, 5.41) is 0. The van der Waals surface area contributed by atoms with Gasteiger partial charge in [-0.25, -0.2) is 4.98 Å². The molecule has 0 spiro atoms. The zero-order chi connectivity index (χ0) is 15.0. The number of fused-ring (bicyclic) bond motifs is 1. The van der Waals surface area contributed by atoms with Crippen LogP contribution in [-0.2, 0) is 6.42 Å². The van der Waals surface area contributed by atoms with E-state index >= 15 is 0 Å². The van der Waals surface area contributed by atoms with Crippen molar-refractivity contribution in [3.05, 3.63) is 59.4 Å². The second kappa shape index (κ2) is 5.34. The van der Waals surface area contributed by atoms with Gasteiger partial charge in [-0.1, -0.05) is 31.2 Å². The predicted octanol–water partition coefficient (Wildman–Crippen LogP) is 3.89. The molecule has 0 aliphatic heterocycles. The van der Waals surface area contributed by atoms with Gasteiger partial charge in [-0.15, -0.1) is 0 Å². The molecule has 3 nitrogen and oxygen atoms in total. The van der Waals surface area contributed by atoms with E-state index in [1.165, 1.54) is 11.3 Å². The molecule has 108 valence electrons. The number of rotatable bonds is 3. The molecule has 0 bridgehead atoms. The first-order valence-corrected chi connectivity index (χ1v) is 7.43. The van der Waals surface area contributed by atoms with Crippen LogP contribution >= 0.6 is 0 Å². The van der Waals surface area contributed by atoms with Crippen LogP contribution in [0, 0.1) is 6.92 Å². The lowest BCUT2D eigenvalue weighted by atomic mass is 10.0. The lowest BCUT2D eigenvalue weighted by Crippen LogP contribution is -2.04. The normalized spacial score (nSPS) is 12.8. The number of pyridine rings is 1. The summed E-state index contributed by atoms with van der Waals surface area (Å²) in [6.45, 7) is 6.26. The molecular weight excluding hydrogens is 258 g/mol. The summed E-state index contributed by atoms with van der Waals surface area (Å²) in [6, 6.07) is 12.7. The van der Waals surface area contributed by atoms with E-state index in [4.69, 9.17) is 10.7 Å². The monoisotopic (exact) mass is 279 g/mol. The topological polar surface area (TPSA) is 43.3 Å². The molecule has 0 saturated heterocycles. The van der Waals surface area contributed by atoms with E-state index in [2.05, 4.69) is 60.8 Å². The van der Waals surface area contributed by atoms with Crippen LogP contribution in [0.15, 0.2) is 42.6 Å². The van der Waals surface area contributed by atoms with Crippen LogP contribution in [0.2, 0.25) is 0 Å². The SMILES string of the molecule is CCc1c(-c2ccc(C(C)N)cc2)nc2cc(C)ccn12. The number of benzene rings is 1. The fraction of sp³-hybridized carbons (Fsp3) is 0.278. The molecule has 0 saturated carbocycles. The summed E-state index contributed by atoms with van der Waals surface area (Å²) < 4.78 is 2.18. The maximum Gasteiger partial charge on any atom is 0.137 e. The number of nitrogens with zero attached hydrogens (tertiary/aromatic N) is 2. The van der Waals surface area contributed by atoms with E-state index < -0.39 is 0 Å². The molecule has 1 unspecified atom stereocenters. The first kappa shape index (κ1) is 13.8. The number of hydrogen-bond acceptors (Lipinski definition) is 2. The molecule has 21 heavy (non-hydrogen) atoms. The molecule has 1 atom stereocenters. The maximum atomic E-state index is 5.92. The number of aromatic nitrogens is 2. The molecule has 3 aromatic rings. The maximum absolute atomic E-state index is 5.92. The van der Waals surface area contributed by atoms with Crippen molar-refractivity contribution in [3.8, 4) is 11.3 Å². The lowest BCUT2D eigenvalue weighted by molar-refractivity contribution is 0.818. The summed E-state index contributed by atoms with van der Waals surface area (Å²) in [7, 11) is 0. The van der Waals surface area contributed by atoms with Gasteiger partial charge in [-0.2, -0.15) is 0 Å². The Labute approximate surface area is 125 Å². The molecule has 0 fully saturated rings. The van der Waals surface area contributed by atoms with Gasteiger partial charge >= 0.3 is 0 Å². The largest absolute Gasteiger partial charge is 0.324 e. The van der Waals surface area contributed by atoms with Gasteiger partial charge in [0, 0.05) is 17.8 Å². The van der Waals surface area contributed by atoms with Gasteiger partial charge in [0.15, 0.2) is 0 Å². The summed E-state index contributed by atoms with van der Waals surface area (Å²) in [5.41, 5.74) is 12.8. The summed E-state index contributed by atoms with van der Waals surface area (Å²) in [4.78, 5) is 4.82. The second-order valence-corrected chi connectivity index (χ2v) is 5.60. The number of imidazole rings is 1. The molecule has 3 heteroatoms. The van der Waals surface area contributed by atoms with Gasteiger partial charge in [0.2, 0.25) is 0 Å². The van der Waals surface area contributed by atoms with E-state index in [0.29, 0.717) is 0 Å². The fourth-order valence-corrected chi connectivity index (χ4v) is 2.71. The van der Waals surface area contributed by atoms with Crippen LogP contribution in [0.1, 0.15) is 36.7 Å². The average molecular weight is 279 g/mol. The minimum absolute atomic E-state index is 0.0633. The second-order valence-electron chi connectivity index (χ2n) is 5.60. The van der Waals surface area contributed by atoms with Crippen LogP contribution in [0.25, 0.3) is 16.9 Å². The van der Waals surface area contributed by atoms with Gasteiger partial charge in [0.1, 0.15) is 5.65 Å². The van der Waals surface area contributed by atoms with Crippen molar-refractivity contribution in [2.24, 2.45) is 5.73 Å². The van der Waals surface area contributed by atoms with Crippen LogP contribution < -0.4 is 5.73 Å². The molecule has 2 heterocycles. The van der Waals surface area contributed by atoms with Gasteiger partial charge in [0.05, 0.1) is 11.4 Å². The number of aryl methyl sites for hydroxylation is 2. The van der Waals surface area contributed by atoms with Crippen molar-refractivity contribution in [2.45, 2.75) is 33.2 Å². The molecule has 2 N–H and O–H groups in total. The zero-order valence-corrected chi connectivity index (χ0v) is 12.8. The predicted molar refractivity (Wildman–Crippen MR) is 87.3 cm³/mol. The smallest absolute Gasteiger partial charge is 0.137 e. The van der Waals surface area contributed by atoms with Crippen LogP contribution in [0.5, 0.6) is 0 Å². The highest BCUT2D eigenvalue weighted by Crippen LogP contribution is 2.26. The van der Waals surface area contributed by atoms with E-state index in [9.17, 15) is 0 Å². The molecule has 0 radical (unpaired) electrons. The number of nitrogens with two attached hydrogens (primary N) is 1. The molecule has 0 aliphatic rings. The number of hydrogen-bond donors (Lipinski definition) is 1. The van der Waals surface area contributed by atoms with Crippen LogP contribution in [0.3, 0.4) is 0 Å². The third kappa shape index (κ3) is 2.45. The van der Waals surface area contributed by atoms with Crippen molar-refractivity contribution < 1.29 is 0 Å². The molecule has 0 amide bonds. The molecular formula is C18H21N3. The Morgan fingerprint density at radius 3 is 2.52 bits per heavy atom. The zero-order valence-electron chi connectivity index (χ0n) is 12.8. The Morgan fingerprint density at radius 1 is 1.19 bits per heavy atom. The van der Waals surface area contributed by atoms with Gasteiger partial charge < -0.3 is 10.1 Å². The molecule has 0 aliphatic carbocycles. The Bertz CT molecular complexity index is 767. The van der Waals surface area contributed by atoms with Crippen LogP contribution in [0.4, 0.5) is 0 Å². The van der Waals surface area contributed by atoms with Crippen molar-refractivity contribution in [1.29, 1.82) is 0 Å².